The molecule has 0 saturated heterocycles. The molecule has 3 nitrogen and oxygen atoms in total. The first-order valence-electron chi connectivity index (χ1n) is 19.8. The van der Waals surface area contributed by atoms with Gasteiger partial charge in [-0.15, -0.1) is 0 Å². The molecule has 0 heterocycles. The quantitative estimate of drug-likeness (QED) is 0.195. The number of aryl methyl sites for hydroxylation is 1. The van der Waals surface area contributed by atoms with E-state index in [0.29, 0.717) is 5.92 Å². The van der Waals surface area contributed by atoms with Gasteiger partial charge in [-0.25, -0.2) is 0 Å². The van der Waals surface area contributed by atoms with Crippen LogP contribution in [0.4, 0.5) is 0 Å². The minimum atomic E-state index is -0.0703. The minimum absolute atomic E-state index is 0.0167. The molecule has 0 aliphatic rings. The van der Waals surface area contributed by atoms with Crippen LogP contribution in [0.2, 0.25) is 0 Å². The van der Waals surface area contributed by atoms with Gasteiger partial charge in [0.15, 0.2) is 21.4 Å². The summed E-state index contributed by atoms with van der Waals surface area (Å²) in [5.74, 6) is 0.627. The molecule has 0 unspecified atom stereocenters. The third-order valence-electron chi connectivity index (χ3n) is 8.09. The van der Waals surface area contributed by atoms with Gasteiger partial charge in [-0.2, -0.15) is 0 Å². The van der Waals surface area contributed by atoms with E-state index in [9.17, 15) is 0 Å². The van der Waals surface area contributed by atoms with Crippen LogP contribution in [0.25, 0.3) is 14.5 Å². The number of hydrogen-bond acceptors (Lipinski definition) is 0. The van der Waals surface area contributed by atoms with Crippen molar-refractivity contribution in [3.63, 3.8) is 0 Å². The van der Waals surface area contributed by atoms with Crippen LogP contribution in [0.1, 0.15) is 83.6 Å². The molecule has 6 aromatic rings. The van der Waals surface area contributed by atoms with Crippen LogP contribution in [0.5, 0.6) is 0 Å². The summed E-state index contributed by atoms with van der Waals surface area (Å²) in [6.07, 6.45) is 0. The van der Waals surface area contributed by atoms with Gasteiger partial charge in [-0.05, 0) is 113 Å². The lowest BCUT2D eigenvalue weighted by Crippen LogP contribution is -3.61. The molecule has 60 heavy (non-hydrogen) atoms. The Morgan fingerprint density at radius 1 is 0.383 bits per heavy atom. The van der Waals surface area contributed by atoms with Gasteiger partial charge < -0.3 is 0 Å². The summed E-state index contributed by atoms with van der Waals surface area (Å²) in [7, 11) is 4.58. The van der Waals surface area contributed by atoms with Crippen LogP contribution in [-0.2, 0) is 10.8 Å². The van der Waals surface area contributed by atoms with E-state index in [1.807, 2.05) is 0 Å². The molecule has 0 N–H and O–H groups in total. The zero-order valence-corrected chi connectivity index (χ0v) is 44.3. The highest BCUT2D eigenvalue weighted by Gasteiger charge is 2.20. The monoisotopic (exact) mass is 1140 g/mol. The Kier molecular flexibility index (Phi) is 27.1. The molecular weight excluding hydrogens is 1070 g/mol. The molecule has 0 saturated carbocycles. The van der Waals surface area contributed by atoms with Gasteiger partial charge in [-0.3, -0.25) is 0 Å². The number of benzene rings is 6. The van der Waals surface area contributed by atoms with Gasteiger partial charge in [0, 0.05) is 0 Å². The summed E-state index contributed by atoms with van der Waals surface area (Å²) in [5.41, 5.74) is 6.09. The molecule has 0 radical (unpaired) electrons. The molecule has 6 heteroatoms. The first-order valence-corrected chi connectivity index (χ1v) is 26.3. The topological polar surface area (TPSA) is 13.1 Å². The Bertz CT molecular complexity index is 2020. The van der Waals surface area contributed by atoms with Gasteiger partial charge in [0.1, 0.15) is 0 Å². The van der Waals surface area contributed by atoms with E-state index in [1.165, 1.54) is 64.8 Å². The fourth-order valence-electron chi connectivity index (χ4n) is 4.87. The molecule has 6 rings (SSSR count). The molecule has 0 atom stereocenters. The lowest BCUT2D eigenvalue weighted by atomic mass is 9.87. The fraction of sp³-hybridized carbons (Fsp3) is 0.278. The molecular formula is C54H66I3N3+6. The van der Waals surface area contributed by atoms with E-state index in [0.717, 1.165) is 0 Å². The second kappa shape index (κ2) is 30.1. The average Bonchev–Trinajstić information content (AvgIpc) is 3.21. The maximum Gasteiger partial charge on any atom is 0.357 e. The lowest BCUT2D eigenvalue weighted by molar-refractivity contribution is -0.597. The molecule has 0 spiro atoms. The molecule has 0 bridgehead atoms. The number of rotatable bonds is 7. The first-order chi connectivity index (χ1) is 28.5. The van der Waals surface area contributed by atoms with Crippen molar-refractivity contribution in [2.45, 2.75) is 79.1 Å². The Balaban J connectivity index is 0.000000416. The largest absolute Gasteiger partial charge is 0.357 e. The summed E-state index contributed by atoms with van der Waals surface area (Å²) in [5, 5.41) is 0. The highest BCUT2D eigenvalue weighted by Crippen LogP contribution is 2.22. The van der Waals surface area contributed by atoms with Crippen molar-refractivity contribution in [1.82, 2.24) is 0 Å². The zero-order valence-electron chi connectivity index (χ0n) is 37.8. The number of halogens is 3. The predicted molar refractivity (Wildman–Crippen MR) is 250 cm³/mol. The second-order valence-electron chi connectivity index (χ2n) is 15.7. The third-order valence-corrected chi connectivity index (χ3v) is 16.1. The molecule has 312 valence electrons. The SMILES string of the molecule is C#[N+]C.C#[N+]C.C#[N+]C.CC(C)(C)c1ccc([I+]c2ccc(C(C)(C)C)cc2)cc1.Cc1ccc([I+]c2ccc(C(C)C)cc2)cc1.c1ccc([I+]c2ccccc2)cc1. The molecule has 0 aliphatic heterocycles. The summed E-state index contributed by atoms with van der Waals surface area (Å²) in [6.45, 7) is 33.6. The first kappa shape index (κ1) is 54.0. The number of hydrogen-bond donors (Lipinski definition) is 0. The molecule has 6 aromatic carbocycles. The predicted octanol–water partition coefficient (Wildman–Crippen LogP) is 5.21. The smallest absolute Gasteiger partial charge is 0.0902 e. The normalized spacial score (nSPS) is 9.97. The van der Waals surface area contributed by atoms with Crippen LogP contribution >= 0.6 is 0 Å². The number of nitrogens with zero attached hydrogens (tertiary/aromatic N) is 3. The minimum Gasteiger partial charge on any atom is -0.0902 e. The van der Waals surface area contributed by atoms with Gasteiger partial charge in [0.25, 0.3) is 40.9 Å². The van der Waals surface area contributed by atoms with E-state index in [-0.39, 0.29) is 74.4 Å². The van der Waals surface area contributed by atoms with E-state index in [1.54, 1.807) is 0 Å². The highest BCUT2D eigenvalue weighted by molar-refractivity contribution is 5.24. The lowest BCUT2D eigenvalue weighted by Gasteiger charge is -2.18. The van der Waals surface area contributed by atoms with Crippen molar-refractivity contribution in [3.8, 4) is 19.7 Å². The third kappa shape index (κ3) is 23.7. The summed E-state index contributed by atoms with van der Waals surface area (Å²) < 4.78 is 8.93. The van der Waals surface area contributed by atoms with Gasteiger partial charge in [-0.1, -0.05) is 160 Å². The van der Waals surface area contributed by atoms with Gasteiger partial charge in [0.2, 0.25) is 0 Å². The Morgan fingerprint density at radius 2 is 0.617 bits per heavy atom. The maximum atomic E-state index is 4.47. The van der Waals surface area contributed by atoms with Crippen LogP contribution in [0.15, 0.2) is 158 Å². The van der Waals surface area contributed by atoms with Gasteiger partial charge in [0.05, 0.1) is 0 Å². The van der Waals surface area contributed by atoms with Crippen molar-refractivity contribution in [2.24, 2.45) is 0 Å². The molecule has 0 aliphatic carbocycles. The van der Waals surface area contributed by atoms with Crippen molar-refractivity contribution >= 4 is 0 Å². The van der Waals surface area contributed by atoms with Crippen LogP contribution in [0.3, 0.4) is 0 Å². The molecule has 0 amide bonds. The van der Waals surface area contributed by atoms with Crippen LogP contribution in [-0.4, -0.2) is 21.1 Å². The Labute approximate surface area is 395 Å². The summed E-state index contributed by atoms with van der Waals surface area (Å²) in [6, 6.07) is 57.9. The van der Waals surface area contributed by atoms with E-state index < -0.39 is 0 Å². The van der Waals surface area contributed by atoms with Crippen LogP contribution < -0.4 is 63.6 Å². The molecule has 0 fully saturated rings. The molecule has 0 aromatic heterocycles. The van der Waals surface area contributed by atoms with Crippen LogP contribution in [0, 0.1) is 48.1 Å². The standard InChI is InChI=1S/C20H26I.C16H18I.C12H10I.3C2H4N/c1-19(2,3)15-7-11-17(12-8-15)21-18-13-9-16(10-14-18)20(4,5)6;1-12(2)14-6-10-16(11-7-14)17-15-8-4-13(3)5-9-15;1-3-7-11(8-4-1)13-12-9-5-2-6-10-12;3*1-3-2/h7-14H,1-6H3;4-12H,1-3H3;1-10H;3*1H,2H3/q6*+1. The average molecular weight is 1140 g/mol. The van der Waals surface area contributed by atoms with Crippen molar-refractivity contribution in [2.75, 3.05) is 21.1 Å². The fourth-order valence-corrected chi connectivity index (χ4v) is 11.4. The van der Waals surface area contributed by atoms with E-state index in [2.05, 4.69) is 254 Å². The highest BCUT2D eigenvalue weighted by atomic mass is 127. The van der Waals surface area contributed by atoms with E-state index >= 15 is 0 Å². The summed E-state index contributed by atoms with van der Waals surface area (Å²) >= 11 is -0.0583. The Morgan fingerprint density at radius 3 is 0.867 bits per heavy atom. The van der Waals surface area contributed by atoms with Crippen molar-refractivity contribution in [3.05, 3.63) is 216 Å². The van der Waals surface area contributed by atoms with Gasteiger partial charge >= 0.3 is 63.6 Å². The van der Waals surface area contributed by atoms with Crippen molar-refractivity contribution < 1.29 is 63.6 Å². The second-order valence-corrected chi connectivity index (χ2v) is 24.8. The summed E-state index contributed by atoms with van der Waals surface area (Å²) in [4.78, 5) is 9.00. The van der Waals surface area contributed by atoms with E-state index in [4.69, 9.17) is 0 Å². The van der Waals surface area contributed by atoms with Crippen molar-refractivity contribution in [1.29, 1.82) is 0 Å². The maximum absolute atomic E-state index is 4.47. The zero-order chi connectivity index (χ0) is 45.0. The Hall–Kier alpha value is -4.02.